The Labute approximate surface area is 147 Å². The number of amides is 1. The van der Waals surface area contributed by atoms with Crippen LogP contribution in [0.4, 0.5) is 5.13 Å². The van der Waals surface area contributed by atoms with E-state index in [9.17, 15) is 13.2 Å². The summed E-state index contributed by atoms with van der Waals surface area (Å²) in [5, 5.41) is 3.57. The van der Waals surface area contributed by atoms with Crippen molar-refractivity contribution in [1.82, 2.24) is 9.71 Å². The summed E-state index contributed by atoms with van der Waals surface area (Å²) in [7, 11) is -3.53. The first-order chi connectivity index (χ1) is 11.5. The first-order valence-electron chi connectivity index (χ1n) is 8.73. The van der Waals surface area contributed by atoms with E-state index in [4.69, 9.17) is 0 Å². The van der Waals surface area contributed by atoms with E-state index in [2.05, 4.69) is 15.0 Å². The van der Waals surface area contributed by atoms with Crippen LogP contribution in [-0.2, 0) is 10.0 Å². The predicted molar refractivity (Wildman–Crippen MR) is 95.9 cm³/mol. The van der Waals surface area contributed by atoms with Crippen LogP contribution in [0.3, 0.4) is 0 Å². The number of rotatable bonds is 7. The molecule has 0 radical (unpaired) electrons. The molecule has 3 rings (SSSR count). The first-order valence-corrected chi connectivity index (χ1v) is 11.1. The Morgan fingerprint density at radius 2 is 1.92 bits per heavy atom. The molecule has 2 aliphatic rings. The van der Waals surface area contributed by atoms with Crippen LogP contribution in [0, 0.1) is 12.8 Å². The Kier molecular flexibility index (Phi) is 5.44. The Morgan fingerprint density at radius 3 is 2.58 bits per heavy atom. The zero-order chi connectivity index (χ0) is 17.2. The maximum absolute atomic E-state index is 12.2. The highest BCUT2D eigenvalue weighted by Gasteiger charge is 2.37. The van der Waals surface area contributed by atoms with Crippen LogP contribution >= 0.6 is 11.3 Å². The number of anilines is 1. The third-order valence-electron chi connectivity index (χ3n) is 4.76. The van der Waals surface area contributed by atoms with Gasteiger partial charge in [0.25, 0.3) is 5.91 Å². The fourth-order valence-electron chi connectivity index (χ4n) is 3.18. The van der Waals surface area contributed by atoms with E-state index in [1.807, 2.05) is 0 Å². The molecule has 0 unspecified atom stereocenters. The second kappa shape index (κ2) is 7.39. The van der Waals surface area contributed by atoms with Gasteiger partial charge in [0.2, 0.25) is 10.0 Å². The molecule has 134 valence electrons. The Morgan fingerprint density at radius 1 is 1.21 bits per heavy atom. The largest absolute Gasteiger partial charge is 0.361 e. The summed E-state index contributed by atoms with van der Waals surface area (Å²) in [6.45, 7) is 2.64. The number of aryl methyl sites for hydroxylation is 1. The molecule has 0 atom stereocenters. The van der Waals surface area contributed by atoms with E-state index in [1.54, 1.807) is 6.92 Å². The molecule has 1 aromatic rings. The van der Waals surface area contributed by atoms with Crippen LogP contribution in [0.25, 0.3) is 0 Å². The molecule has 2 aliphatic carbocycles. The lowest BCUT2D eigenvalue weighted by Crippen LogP contribution is -2.33. The van der Waals surface area contributed by atoms with Gasteiger partial charge in [0.15, 0.2) is 5.13 Å². The third kappa shape index (κ3) is 4.47. The summed E-state index contributed by atoms with van der Waals surface area (Å²) in [5.41, 5.74) is 0.212. The van der Waals surface area contributed by atoms with Gasteiger partial charge in [0.05, 0.1) is 5.25 Å². The molecule has 0 spiro atoms. The van der Waals surface area contributed by atoms with Gasteiger partial charge in [-0.25, -0.2) is 18.1 Å². The summed E-state index contributed by atoms with van der Waals surface area (Å²) in [5.74, 6) is 0.176. The van der Waals surface area contributed by atoms with E-state index in [0.717, 1.165) is 23.8 Å². The number of nitrogens with zero attached hydrogens (tertiary/aromatic N) is 1. The quantitative estimate of drug-likeness (QED) is 0.769. The van der Waals surface area contributed by atoms with Gasteiger partial charge < -0.3 is 5.32 Å². The molecule has 2 N–H and O–H groups in total. The highest BCUT2D eigenvalue weighted by Crippen LogP contribution is 2.29. The van der Waals surface area contributed by atoms with E-state index < -0.39 is 21.2 Å². The van der Waals surface area contributed by atoms with E-state index in [0.29, 0.717) is 18.0 Å². The van der Waals surface area contributed by atoms with E-state index in [1.165, 1.54) is 43.4 Å². The van der Waals surface area contributed by atoms with Crippen molar-refractivity contribution in [1.29, 1.82) is 0 Å². The molecule has 1 aromatic heterocycles. The highest BCUT2D eigenvalue weighted by atomic mass is 32.2. The number of hydrogen-bond donors (Lipinski definition) is 2. The molecule has 0 aliphatic heterocycles. The second-order valence-electron chi connectivity index (χ2n) is 6.82. The zero-order valence-corrected chi connectivity index (χ0v) is 15.6. The van der Waals surface area contributed by atoms with Crippen molar-refractivity contribution in [3.8, 4) is 0 Å². The molecule has 0 bridgehead atoms. The third-order valence-corrected chi connectivity index (χ3v) is 7.51. The topological polar surface area (TPSA) is 88.2 Å². The molecule has 0 saturated heterocycles. The van der Waals surface area contributed by atoms with Crippen molar-refractivity contribution in [3.63, 3.8) is 0 Å². The monoisotopic (exact) mass is 371 g/mol. The lowest BCUT2D eigenvalue weighted by atomic mass is 9.87. The van der Waals surface area contributed by atoms with Crippen molar-refractivity contribution in [3.05, 3.63) is 10.6 Å². The highest BCUT2D eigenvalue weighted by molar-refractivity contribution is 7.91. The molecule has 1 heterocycles. The van der Waals surface area contributed by atoms with E-state index in [-0.39, 0.29) is 5.69 Å². The number of thiazole rings is 1. The van der Waals surface area contributed by atoms with Crippen molar-refractivity contribution in [2.75, 3.05) is 11.9 Å². The molecule has 8 heteroatoms. The standard InChI is InChI=1S/C16H25N3O3S2/c1-11-14(15(20)19-24(21,22)13-7-8-13)18-16(23-11)17-10-9-12-5-3-2-4-6-12/h12-13H,2-10H2,1H3,(H,17,18)(H,19,20). The summed E-state index contributed by atoms with van der Waals surface area (Å²) >= 11 is 1.40. The molecule has 1 amide bonds. The fraction of sp³-hybridized carbons (Fsp3) is 0.750. The lowest BCUT2D eigenvalue weighted by Gasteiger charge is -2.21. The SMILES string of the molecule is Cc1sc(NCCC2CCCCC2)nc1C(=O)NS(=O)(=O)C1CC1. The summed E-state index contributed by atoms with van der Waals surface area (Å²) in [4.78, 5) is 17.2. The van der Waals surface area contributed by atoms with Crippen LogP contribution < -0.4 is 10.0 Å². The molecule has 2 fully saturated rings. The van der Waals surface area contributed by atoms with Gasteiger partial charge >= 0.3 is 0 Å². The fourth-order valence-corrected chi connectivity index (χ4v) is 5.30. The average molecular weight is 372 g/mol. The van der Waals surface area contributed by atoms with Crippen LogP contribution in [-0.4, -0.2) is 31.1 Å². The average Bonchev–Trinajstić information content (AvgIpc) is 3.33. The molecule has 24 heavy (non-hydrogen) atoms. The normalized spacial score (nSPS) is 19.2. The summed E-state index contributed by atoms with van der Waals surface area (Å²) in [6.07, 6.45) is 9.03. The molecular formula is C16H25N3O3S2. The Balaban J connectivity index is 1.53. The maximum Gasteiger partial charge on any atom is 0.284 e. The first kappa shape index (κ1) is 17.7. The van der Waals surface area contributed by atoms with Gasteiger partial charge in [-0.05, 0) is 32.1 Å². The lowest BCUT2D eigenvalue weighted by molar-refractivity contribution is 0.0976. The summed E-state index contributed by atoms with van der Waals surface area (Å²) < 4.78 is 25.9. The zero-order valence-electron chi connectivity index (χ0n) is 14.0. The smallest absolute Gasteiger partial charge is 0.284 e. The summed E-state index contributed by atoms with van der Waals surface area (Å²) in [6, 6.07) is 0. The van der Waals surface area contributed by atoms with Gasteiger partial charge in [-0.15, -0.1) is 11.3 Å². The molecule has 0 aromatic carbocycles. The van der Waals surface area contributed by atoms with Gasteiger partial charge in [-0.2, -0.15) is 0 Å². The minimum atomic E-state index is -3.53. The Bertz CT molecular complexity index is 689. The maximum atomic E-state index is 12.2. The Hall–Kier alpha value is -1.15. The number of nitrogens with one attached hydrogen (secondary N) is 2. The number of hydrogen-bond acceptors (Lipinski definition) is 6. The number of sulfonamides is 1. The van der Waals surface area contributed by atoms with Crippen molar-refractivity contribution in [2.45, 2.75) is 63.5 Å². The van der Waals surface area contributed by atoms with Gasteiger partial charge in [0.1, 0.15) is 5.69 Å². The van der Waals surface area contributed by atoms with Crippen molar-refractivity contribution < 1.29 is 13.2 Å². The number of carbonyl (C=O) groups is 1. The predicted octanol–water partition coefficient (Wildman–Crippen LogP) is 3.06. The van der Waals surface area contributed by atoms with Gasteiger partial charge in [-0.1, -0.05) is 32.1 Å². The van der Waals surface area contributed by atoms with Crippen molar-refractivity contribution >= 4 is 32.4 Å². The number of carbonyl (C=O) groups excluding carboxylic acids is 1. The van der Waals surface area contributed by atoms with Gasteiger partial charge in [-0.3, -0.25) is 4.79 Å². The van der Waals surface area contributed by atoms with Crippen LogP contribution in [0.15, 0.2) is 0 Å². The van der Waals surface area contributed by atoms with E-state index >= 15 is 0 Å². The molecule has 2 saturated carbocycles. The van der Waals surface area contributed by atoms with Gasteiger partial charge in [0, 0.05) is 11.4 Å². The minimum absolute atomic E-state index is 0.212. The molecule has 6 nitrogen and oxygen atoms in total. The van der Waals surface area contributed by atoms with Crippen LogP contribution in [0.2, 0.25) is 0 Å². The second-order valence-corrected chi connectivity index (χ2v) is 9.98. The van der Waals surface area contributed by atoms with Crippen LogP contribution in [0.5, 0.6) is 0 Å². The minimum Gasteiger partial charge on any atom is -0.361 e. The number of aromatic nitrogens is 1. The molecular weight excluding hydrogens is 346 g/mol. The van der Waals surface area contributed by atoms with Crippen molar-refractivity contribution in [2.24, 2.45) is 5.92 Å². The van der Waals surface area contributed by atoms with Crippen LogP contribution in [0.1, 0.15) is 66.7 Å².